The molecular weight excluding hydrogens is 526 g/mol. The average Bonchev–Trinajstić information content (AvgIpc) is 3.53. The van der Waals surface area contributed by atoms with Gasteiger partial charge in [-0.3, -0.25) is 9.59 Å². The maximum atomic E-state index is 13.5. The zero-order chi connectivity index (χ0) is 28.5. The van der Waals surface area contributed by atoms with Gasteiger partial charge in [0.1, 0.15) is 0 Å². The number of nitrogens with zero attached hydrogens (tertiary/aromatic N) is 6. The fraction of sp³-hybridized carbons (Fsp3) is 0.320. The van der Waals surface area contributed by atoms with Gasteiger partial charge in [-0.15, -0.1) is 5.10 Å². The third-order valence-corrected chi connectivity index (χ3v) is 8.24. The van der Waals surface area contributed by atoms with Gasteiger partial charge in [0.05, 0.1) is 18.0 Å². The average molecular weight is 556 g/mol. The van der Waals surface area contributed by atoms with Gasteiger partial charge >= 0.3 is 5.97 Å². The van der Waals surface area contributed by atoms with Crippen molar-refractivity contribution in [2.75, 3.05) is 39.1 Å². The van der Waals surface area contributed by atoms with Gasteiger partial charge in [-0.05, 0) is 29.3 Å². The zero-order valence-corrected chi connectivity index (χ0v) is 22.5. The minimum Gasteiger partial charge on any atom is -0.478 e. The van der Waals surface area contributed by atoms with Crippen molar-refractivity contribution in [1.82, 2.24) is 23.4 Å². The number of hydrogen-bond donors (Lipinski definition) is 2. The third-order valence-electron chi connectivity index (χ3n) is 6.38. The van der Waals surface area contributed by atoms with E-state index in [2.05, 4.69) is 10.1 Å². The molecule has 0 spiro atoms. The topological polar surface area (TPSA) is 172 Å². The van der Waals surface area contributed by atoms with Crippen molar-refractivity contribution >= 4 is 33.8 Å². The SMILES string of the molecule is CN(Cc1ccc(CN)cc1)c1nc(C2CN(S(=O)(=O)N(C)C)CC2=O)nn1C(=O)c1cccc(C(=O)O)c1. The summed E-state index contributed by atoms with van der Waals surface area (Å²) in [5.41, 5.74) is 7.51. The predicted octanol–water partition coefficient (Wildman–Crippen LogP) is 0.535. The molecule has 2 aromatic carbocycles. The molecule has 3 N–H and O–H groups in total. The first-order valence-corrected chi connectivity index (χ1v) is 13.4. The Balaban J connectivity index is 1.72. The molecule has 1 aromatic heterocycles. The van der Waals surface area contributed by atoms with Crippen LogP contribution in [0.1, 0.15) is 43.6 Å². The van der Waals surface area contributed by atoms with Crippen LogP contribution in [0.3, 0.4) is 0 Å². The lowest BCUT2D eigenvalue weighted by molar-refractivity contribution is -0.117. The van der Waals surface area contributed by atoms with Gasteiger partial charge in [0.15, 0.2) is 11.6 Å². The Bertz CT molecular complexity index is 1520. The summed E-state index contributed by atoms with van der Waals surface area (Å²) in [5.74, 6) is -3.11. The molecule has 3 aromatic rings. The molecule has 4 rings (SSSR count). The lowest BCUT2D eigenvalue weighted by Gasteiger charge is -2.19. The number of aromatic carboxylic acids is 1. The fourth-order valence-electron chi connectivity index (χ4n) is 4.17. The van der Waals surface area contributed by atoms with Gasteiger partial charge in [0.2, 0.25) is 5.95 Å². The van der Waals surface area contributed by atoms with Crippen LogP contribution in [-0.2, 0) is 28.1 Å². The van der Waals surface area contributed by atoms with Gasteiger partial charge in [0, 0.05) is 46.3 Å². The Morgan fingerprint density at radius 3 is 2.33 bits per heavy atom. The van der Waals surface area contributed by atoms with E-state index in [0.717, 1.165) is 24.4 Å². The summed E-state index contributed by atoms with van der Waals surface area (Å²) >= 11 is 0. The van der Waals surface area contributed by atoms with E-state index < -0.39 is 33.8 Å². The van der Waals surface area contributed by atoms with Crippen LogP contribution < -0.4 is 10.6 Å². The van der Waals surface area contributed by atoms with Crippen molar-refractivity contribution in [2.45, 2.75) is 19.0 Å². The van der Waals surface area contributed by atoms with E-state index in [4.69, 9.17) is 5.73 Å². The van der Waals surface area contributed by atoms with Crippen LogP contribution in [-0.4, -0.2) is 88.8 Å². The smallest absolute Gasteiger partial charge is 0.335 e. The number of carboxylic acids is 1. The molecule has 0 radical (unpaired) electrons. The highest BCUT2D eigenvalue weighted by molar-refractivity contribution is 7.86. The third kappa shape index (κ3) is 5.73. The van der Waals surface area contributed by atoms with E-state index in [9.17, 15) is 27.9 Å². The number of aromatic nitrogens is 3. The van der Waals surface area contributed by atoms with E-state index in [1.54, 1.807) is 11.9 Å². The molecule has 206 valence electrons. The highest BCUT2D eigenvalue weighted by Gasteiger charge is 2.42. The second-order valence-electron chi connectivity index (χ2n) is 9.35. The number of carbonyl (C=O) groups excluding carboxylic acids is 2. The van der Waals surface area contributed by atoms with E-state index in [-0.39, 0.29) is 36.0 Å². The standard InChI is InChI=1S/C25H29N7O6S/c1-29(2)39(37,38)31-14-20(21(33)15-31)22-27-25(30(3)13-17-9-7-16(12-26)8-10-17)32(28-22)23(34)18-5-4-6-19(11-18)24(35)36/h4-11,20H,12-15,26H2,1-3H3,(H,35,36). The van der Waals surface area contributed by atoms with E-state index in [1.807, 2.05) is 24.3 Å². The molecule has 39 heavy (non-hydrogen) atoms. The van der Waals surface area contributed by atoms with E-state index in [0.29, 0.717) is 13.1 Å². The van der Waals surface area contributed by atoms with Crippen LogP contribution in [0.25, 0.3) is 0 Å². The van der Waals surface area contributed by atoms with Crippen LogP contribution in [0.2, 0.25) is 0 Å². The number of hydrogen-bond acceptors (Lipinski definition) is 9. The number of carbonyl (C=O) groups is 3. The number of ketones is 1. The summed E-state index contributed by atoms with van der Waals surface area (Å²) < 4.78 is 28.3. The molecule has 2 heterocycles. The maximum absolute atomic E-state index is 13.5. The highest BCUT2D eigenvalue weighted by Crippen LogP contribution is 2.27. The van der Waals surface area contributed by atoms with Crippen molar-refractivity contribution < 1.29 is 27.9 Å². The summed E-state index contributed by atoms with van der Waals surface area (Å²) in [6.45, 7) is 0.210. The minimum atomic E-state index is -3.85. The maximum Gasteiger partial charge on any atom is 0.335 e. The molecule has 14 heteroatoms. The summed E-state index contributed by atoms with van der Waals surface area (Å²) in [7, 11) is 0.593. The molecule has 1 aliphatic rings. The largest absolute Gasteiger partial charge is 0.478 e. The minimum absolute atomic E-state index is 0.000440. The van der Waals surface area contributed by atoms with Crippen LogP contribution in [0.5, 0.6) is 0 Å². The molecule has 0 saturated carbocycles. The number of nitrogens with two attached hydrogens (primary N) is 1. The van der Waals surface area contributed by atoms with Crippen LogP contribution in [0.15, 0.2) is 48.5 Å². The van der Waals surface area contributed by atoms with Crippen molar-refractivity contribution in [2.24, 2.45) is 5.73 Å². The Hall–Kier alpha value is -3.98. The summed E-state index contributed by atoms with van der Waals surface area (Å²) in [6.07, 6.45) is 0. The molecule has 1 unspecified atom stereocenters. The first-order chi connectivity index (χ1) is 18.4. The van der Waals surface area contributed by atoms with Crippen molar-refractivity contribution in [3.63, 3.8) is 0 Å². The van der Waals surface area contributed by atoms with Crippen LogP contribution in [0, 0.1) is 0 Å². The Morgan fingerprint density at radius 1 is 1.08 bits per heavy atom. The molecule has 0 amide bonds. The number of benzene rings is 2. The first-order valence-electron chi connectivity index (χ1n) is 12.0. The van der Waals surface area contributed by atoms with E-state index >= 15 is 0 Å². The van der Waals surface area contributed by atoms with Crippen molar-refractivity contribution in [3.8, 4) is 0 Å². The second kappa shape index (κ2) is 11.0. The van der Waals surface area contributed by atoms with Gasteiger partial charge in [-0.1, -0.05) is 30.3 Å². The zero-order valence-electron chi connectivity index (χ0n) is 21.7. The normalized spacial score (nSPS) is 16.1. The number of rotatable bonds is 9. The first kappa shape index (κ1) is 28.0. The Kier molecular flexibility index (Phi) is 7.92. The van der Waals surface area contributed by atoms with Crippen LogP contribution in [0.4, 0.5) is 5.95 Å². The van der Waals surface area contributed by atoms with E-state index in [1.165, 1.54) is 38.4 Å². The predicted molar refractivity (Wildman–Crippen MR) is 142 cm³/mol. The van der Waals surface area contributed by atoms with Crippen molar-refractivity contribution in [1.29, 1.82) is 0 Å². The second-order valence-corrected chi connectivity index (χ2v) is 11.5. The molecular formula is C25H29N7O6S. The quantitative estimate of drug-likeness (QED) is 0.379. The van der Waals surface area contributed by atoms with Gasteiger partial charge in [0.25, 0.3) is 16.1 Å². The monoisotopic (exact) mass is 555 g/mol. The number of anilines is 1. The van der Waals surface area contributed by atoms with Gasteiger partial charge in [-0.25, -0.2) is 4.79 Å². The summed E-state index contributed by atoms with van der Waals surface area (Å²) in [4.78, 5) is 44.0. The highest BCUT2D eigenvalue weighted by atomic mass is 32.2. The lowest BCUT2D eigenvalue weighted by Crippen LogP contribution is -2.38. The molecule has 1 atom stereocenters. The van der Waals surface area contributed by atoms with Gasteiger partial charge in [-0.2, -0.15) is 26.7 Å². The Labute approximate surface area is 225 Å². The molecule has 1 fully saturated rings. The number of carboxylic acid groups (broad SMARTS) is 1. The molecule has 1 aliphatic heterocycles. The van der Waals surface area contributed by atoms with Crippen molar-refractivity contribution in [3.05, 3.63) is 76.6 Å². The lowest BCUT2D eigenvalue weighted by atomic mass is 10.1. The fourth-order valence-corrected chi connectivity index (χ4v) is 5.26. The van der Waals surface area contributed by atoms with Crippen LogP contribution >= 0.6 is 0 Å². The summed E-state index contributed by atoms with van der Waals surface area (Å²) in [6, 6.07) is 13.1. The Morgan fingerprint density at radius 2 is 1.72 bits per heavy atom. The number of Topliss-reactive ketones (excluding diaryl/α,β-unsaturated/α-hetero) is 1. The summed E-state index contributed by atoms with van der Waals surface area (Å²) in [5, 5.41) is 13.7. The molecule has 0 aliphatic carbocycles. The molecule has 0 bridgehead atoms. The molecule has 13 nitrogen and oxygen atoms in total. The molecule has 1 saturated heterocycles. The van der Waals surface area contributed by atoms with Gasteiger partial charge < -0.3 is 15.7 Å².